The number of carbonyl (C=O) groups excluding carboxylic acids is 1. The van der Waals surface area contributed by atoms with Gasteiger partial charge in [0, 0.05) is 31.1 Å². The average molecular weight is 372 g/mol. The van der Waals surface area contributed by atoms with Crippen LogP contribution in [0, 0.1) is 0 Å². The molecule has 0 aliphatic carbocycles. The van der Waals surface area contributed by atoms with Gasteiger partial charge >= 0.3 is 0 Å². The zero-order chi connectivity index (χ0) is 18.9. The van der Waals surface area contributed by atoms with E-state index < -0.39 is 15.4 Å². The Labute approximate surface area is 155 Å². The molecule has 3 rings (SSSR count). The van der Waals surface area contributed by atoms with Crippen molar-refractivity contribution in [3.8, 4) is 0 Å². The Balaban J connectivity index is 1.82. The molecule has 1 aliphatic heterocycles. The van der Waals surface area contributed by atoms with Gasteiger partial charge in [0.1, 0.15) is 0 Å². The van der Waals surface area contributed by atoms with Crippen molar-refractivity contribution in [3.63, 3.8) is 0 Å². The molecule has 0 fully saturated rings. The van der Waals surface area contributed by atoms with Gasteiger partial charge in [0.2, 0.25) is 15.9 Å². The highest BCUT2D eigenvalue weighted by atomic mass is 32.2. The van der Waals surface area contributed by atoms with Crippen LogP contribution in [-0.2, 0) is 26.7 Å². The predicted molar refractivity (Wildman–Crippen MR) is 103 cm³/mol. The highest BCUT2D eigenvalue weighted by Crippen LogP contribution is 2.40. The Morgan fingerprint density at radius 3 is 2.50 bits per heavy atom. The van der Waals surface area contributed by atoms with Crippen LogP contribution in [0.3, 0.4) is 0 Å². The van der Waals surface area contributed by atoms with E-state index >= 15 is 0 Å². The molecule has 1 heterocycles. The third-order valence-corrected chi connectivity index (χ3v) is 6.34. The first kappa shape index (κ1) is 18.6. The summed E-state index contributed by atoms with van der Waals surface area (Å²) in [5.41, 5.74) is 2.34. The number of amides is 1. The van der Waals surface area contributed by atoms with E-state index in [1.807, 2.05) is 44.2 Å². The molecule has 1 aliphatic rings. The molecule has 0 spiro atoms. The molecule has 0 atom stereocenters. The summed E-state index contributed by atoms with van der Waals surface area (Å²) in [7, 11) is -1.87. The van der Waals surface area contributed by atoms with Crippen LogP contribution in [-0.4, -0.2) is 27.9 Å². The number of fused-ring (bicyclic) bond motifs is 1. The fourth-order valence-electron chi connectivity index (χ4n) is 3.30. The maximum atomic E-state index is 12.7. The van der Waals surface area contributed by atoms with Crippen LogP contribution in [0.15, 0.2) is 53.4 Å². The van der Waals surface area contributed by atoms with Crippen molar-refractivity contribution in [1.29, 1.82) is 0 Å². The van der Waals surface area contributed by atoms with Crippen molar-refractivity contribution in [1.82, 2.24) is 4.72 Å². The molecule has 5 nitrogen and oxygen atoms in total. The van der Waals surface area contributed by atoms with Crippen LogP contribution in [0.5, 0.6) is 0 Å². The van der Waals surface area contributed by atoms with Gasteiger partial charge in [-0.2, -0.15) is 0 Å². The molecule has 2 aromatic rings. The van der Waals surface area contributed by atoms with E-state index in [1.54, 1.807) is 30.1 Å². The molecule has 6 heteroatoms. The van der Waals surface area contributed by atoms with Crippen LogP contribution in [0.2, 0.25) is 0 Å². The molecule has 0 unspecified atom stereocenters. The Kier molecular flexibility index (Phi) is 4.90. The summed E-state index contributed by atoms with van der Waals surface area (Å²) in [6.45, 7) is 4.27. The monoisotopic (exact) mass is 372 g/mol. The van der Waals surface area contributed by atoms with Gasteiger partial charge in [-0.3, -0.25) is 4.79 Å². The first-order valence-electron chi connectivity index (χ1n) is 8.65. The van der Waals surface area contributed by atoms with Gasteiger partial charge in [0.15, 0.2) is 0 Å². The fourth-order valence-corrected chi connectivity index (χ4v) is 4.36. The van der Waals surface area contributed by atoms with Gasteiger partial charge in [-0.05, 0) is 35.7 Å². The first-order chi connectivity index (χ1) is 12.2. The Morgan fingerprint density at radius 1 is 1.12 bits per heavy atom. The Bertz CT molecular complexity index is 921. The lowest BCUT2D eigenvalue weighted by molar-refractivity contribution is -0.119. The minimum atomic E-state index is -3.60. The minimum absolute atomic E-state index is 0.0408. The standard InChI is InChI=1S/C20H24N2O3S/c1-20(2)14-19(23)22(3)18-10-9-16(13-17(18)20)26(24,25)21-12-11-15-7-5-4-6-8-15/h4-10,13,21H,11-12,14H2,1-3H3. The molecular formula is C20H24N2O3S. The third-order valence-electron chi connectivity index (χ3n) is 4.88. The van der Waals surface area contributed by atoms with Crippen LogP contribution in [0.1, 0.15) is 31.4 Å². The number of rotatable bonds is 5. The topological polar surface area (TPSA) is 66.5 Å². The normalized spacial score (nSPS) is 16.4. The fraction of sp³-hybridized carbons (Fsp3) is 0.350. The van der Waals surface area contributed by atoms with Crippen molar-refractivity contribution >= 4 is 21.6 Å². The molecule has 2 aromatic carbocycles. The van der Waals surface area contributed by atoms with Gasteiger partial charge in [-0.25, -0.2) is 13.1 Å². The van der Waals surface area contributed by atoms with E-state index in [2.05, 4.69) is 4.72 Å². The highest BCUT2D eigenvalue weighted by molar-refractivity contribution is 7.89. The van der Waals surface area contributed by atoms with Crippen LogP contribution >= 0.6 is 0 Å². The molecule has 1 N–H and O–H groups in total. The van der Waals surface area contributed by atoms with E-state index in [1.165, 1.54) is 0 Å². The van der Waals surface area contributed by atoms with Crippen molar-refractivity contribution in [3.05, 3.63) is 59.7 Å². The minimum Gasteiger partial charge on any atom is -0.315 e. The molecule has 138 valence electrons. The second-order valence-electron chi connectivity index (χ2n) is 7.33. The van der Waals surface area contributed by atoms with Crippen molar-refractivity contribution in [2.45, 2.75) is 37.0 Å². The zero-order valence-corrected chi connectivity index (χ0v) is 16.1. The predicted octanol–water partition coefficient (Wildman–Crippen LogP) is 2.85. The number of nitrogens with zero attached hydrogens (tertiary/aromatic N) is 1. The summed E-state index contributed by atoms with van der Waals surface area (Å²) in [6, 6.07) is 14.7. The van der Waals surface area contributed by atoms with Gasteiger partial charge in [-0.15, -0.1) is 0 Å². The molecule has 0 aromatic heterocycles. The van der Waals surface area contributed by atoms with Gasteiger partial charge in [0.05, 0.1) is 4.90 Å². The van der Waals surface area contributed by atoms with E-state index in [4.69, 9.17) is 0 Å². The molecule has 0 saturated carbocycles. The maximum absolute atomic E-state index is 12.7. The molecule has 0 saturated heterocycles. The molecule has 0 radical (unpaired) electrons. The summed E-state index contributed by atoms with van der Waals surface area (Å²) >= 11 is 0. The van der Waals surface area contributed by atoms with Gasteiger partial charge in [-0.1, -0.05) is 44.2 Å². The SMILES string of the molecule is CN1C(=O)CC(C)(C)c2cc(S(=O)(=O)NCCc3ccccc3)ccc21. The smallest absolute Gasteiger partial charge is 0.240 e. The van der Waals surface area contributed by atoms with E-state index in [0.717, 1.165) is 16.8 Å². The van der Waals surface area contributed by atoms with Crippen molar-refractivity contribution in [2.24, 2.45) is 0 Å². The number of hydrogen-bond donors (Lipinski definition) is 1. The Morgan fingerprint density at radius 2 is 1.81 bits per heavy atom. The second-order valence-corrected chi connectivity index (χ2v) is 9.09. The van der Waals surface area contributed by atoms with Crippen molar-refractivity contribution < 1.29 is 13.2 Å². The number of sulfonamides is 1. The number of nitrogens with one attached hydrogen (secondary N) is 1. The van der Waals surface area contributed by atoms with Crippen LogP contribution in [0.25, 0.3) is 0 Å². The molecule has 0 bridgehead atoms. The van der Waals surface area contributed by atoms with E-state index in [0.29, 0.717) is 19.4 Å². The summed E-state index contributed by atoms with van der Waals surface area (Å²) in [5, 5.41) is 0. The Hall–Kier alpha value is -2.18. The average Bonchev–Trinajstić information content (AvgIpc) is 2.60. The number of carbonyl (C=O) groups is 1. The van der Waals surface area contributed by atoms with Crippen LogP contribution in [0.4, 0.5) is 5.69 Å². The largest absolute Gasteiger partial charge is 0.315 e. The van der Waals surface area contributed by atoms with Gasteiger partial charge < -0.3 is 4.90 Å². The van der Waals surface area contributed by atoms with E-state index in [-0.39, 0.29) is 10.8 Å². The summed E-state index contributed by atoms with van der Waals surface area (Å²) in [5.74, 6) is 0.0408. The molecule has 1 amide bonds. The lowest BCUT2D eigenvalue weighted by Crippen LogP contribution is -2.39. The summed E-state index contributed by atoms with van der Waals surface area (Å²) in [4.78, 5) is 14.0. The van der Waals surface area contributed by atoms with Crippen molar-refractivity contribution in [2.75, 3.05) is 18.5 Å². The lowest BCUT2D eigenvalue weighted by Gasteiger charge is -2.37. The second kappa shape index (κ2) is 6.85. The molecular weight excluding hydrogens is 348 g/mol. The number of benzene rings is 2. The van der Waals surface area contributed by atoms with Crippen LogP contribution < -0.4 is 9.62 Å². The van der Waals surface area contributed by atoms with E-state index in [9.17, 15) is 13.2 Å². The number of hydrogen-bond acceptors (Lipinski definition) is 3. The lowest BCUT2D eigenvalue weighted by atomic mass is 9.77. The highest BCUT2D eigenvalue weighted by Gasteiger charge is 2.35. The summed E-state index contributed by atoms with van der Waals surface area (Å²) in [6.07, 6.45) is 0.995. The van der Waals surface area contributed by atoms with Gasteiger partial charge in [0.25, 0.3) is 0 Å². The quantitative estimate of drug-likeness (QED) is 0.878. The summed E-state index contributed by atoms with van der Waals surface area (Å²) < 4.78 is 28.0. The third kappa shape index (κ3) is 3.66. The molecule has 26 heavy (non-hydrogen) atoms. The zero-order valence-electron chi connectivity index (χ0n) is 15.3. The number of anilines is 1. The maximum Gasteiger partial charge on any atom is 0.240 e. The first-order valence-corrected chi connectivity index (χ1v) is 10.1.